The number of halogens is 1. The van der Waals surface area contributed by atoms with E-state index in [-0.39, 0.29) is 18.5 Å². The van der Waals surface area contributed by atoms with Crippen LogP contribution < -0.4 is 0 Å². The van der Waals surface area contributed by atoms with Crippen molar-refractivity contribution in [3.05, 3.63) is 52.6 Å². The molecule has 23 heavy (non-hydrogen) atoms. The molecule has 0 spiro atoms. The summed E-state index contributed by atoms with van der Waals surface area (Å²) in [6.07, 6.45) is 0. The Bertz CT molecular complexity index is 636. The molecule has 1 atom stereocenters. The lowest BCUT2D eigenvalue weighted by atomic mass is 10.1. The van der Waals surface area contributed by atoms with Crippen LogP contribution >= 0.6 is 0 Å². The molecule has 0 fully saturated rings. The van der Waals surface area contributed by atoms with Gasteiger partial charge in [-0.1, -0.05) is 19.1 Å². The van der Waals surface area contributed by atoms with Crippen molar-refractivity contribution in [2.75, 3.05) is 13.2 Å². The largest absolute Gasteiger partial charge is 0.394 e. The van der Waals surface area contributed by atoms with Gasteiger partial charge in [-0.25, -0.2) is 4.39 Å². The standard InChI is InChI=1S/C18H26FN3O/c1-5-21(14(3)16-6-8-17(19)9-7-16)12-18-13(2)20-22(10-11-23)15(18)4/h6-9,14,23H,5,10-12H2,1-4H3. The first-order valence-electron chi connectivity index (χ1n) is 8.11. The highest BCUT2D eigenvalue weighted by atomic mass is 19.1. The molecule has 0 saturated heterocycles. The second-order valence-electron chi connectivity index (χ2n) is 5.89. The molecule has 1 unspecified atom stereocenters. The van der Waals surface area contributed by atoms with E-state index in [4.69, 9.17) is 5.11 Å². The minimum Gasteiger partial charge on any atom is -0.394 e. The van der Waals surface area contributed by atoms with E-state index >= 15 is 0 Å². The van der Waals surface area contributed by atoms with Crippen LogP contribution in [-0.4, -0.2) is 32.9 Å². The number of hydrogen-bond donors (Lipinski definition) is 1. The van der Waals surface area contributed by atoms with Gasteiger partial charge in [0.2, 0.25) is 0 Å². The summed E-state index contributed by atoms with van der Waals surface area (Å²) in [4.78, 5) is 2.34. The summed E-state index contributed by atoms with van der Waals surface area (Å²) in [6.45, 7) is 10.6. The van der Waals surface area contributed by atoms with Crippen LogP contribution in [0.2, 0.25) is 0 Å². The average molecular weight is 319 g/mol. The van der Waals surface area contributed by atoms with E-state index in [1.807, 2.05) is 30.7 Å². The van der Waals surface area contributed by atoms with Gasteiger partial charge in [0.05, 0.1) is 18.8 Å². The van der Waals surface area contributed by atoms with Crippen LogP contribution in [0.5, 0.6) is 0 Å². The molecular formula is C18H26FN3O. The summed E-state index contributed by atoms with van der Waals surface area (Å²) in [7, 11) is 0. The summed E-state index contributed by atoms with van der Waals surface area (Å²) in [5.74, 6) is -0.207. The number of aliphatic hydroxyl groups excluding tert-OH is 1. The van der Waals surface area contributed by atoms with Crippen LogP contribution in [0.3, 0.4) is 0 Å². The minimum atomic E-state index is -0.207. The molecule has 126 valence electrons. The second-order valence-corrected chi connectivity index (χ2v) is 5.89. The Morgan fingerprint density at radius 1 is 1.26 bits per heavy atom. The van der Waals surface area contributed by atoms with Crippen molar-refractivity contribution in [2.24, 2.45) is 0 Å². The fraction of sp³-hybridized carbons (Fsp3) is 0.500. The Kier molecular flexibility index (Phi) is 5.91. The predicted molar refractivity (Wildman–Crippen MR) is 89.7 cm³/mol. The third-order valence-electron chi connectivity index (χ3n) is 4.51. The third kappa shape index (κ3) is 3.98. The zero-order valence-electron chi connectivity index (χ0n) is 14.4. The molecule has 2 rings (SSSR count). The SMILES string of the molecule is CCN(Cc1c(C)nn(CCO)c1C)C(C)c1ccc(F)cc1. The van der Waals surface area contributed by atoms with E-state index in [1.54, 1.807) is 0 Å². The molecule has 5 heteroatoms. The maximum Gasteiger partial charge on any atom is 0.123 e. The fourth-order valence-corrected chi connectivity index (χ4v) is 2.95. The Morgan fingerprint density at radius 2 is 1.91 bits per heavy atom. The molecule has 0 saturated carbocycles. The maximum atomic E-state index is 13.1. The Hall–Kier alpha value is -1.72. The lowest BCUT2D eigenvalue weighted by Crippen LogP contribution is -2.27. The summed E-state index contributed by atoms with van der Waals surface area (Å²) in [5, 5.41) is 13.6. The van der Waals surface area contributed by atoms with Crippen LogP contribution in [0.15, 0.2) is 24.3 Å². The number of rotatable bonds is 7. The molecule has 1 aromatic heterocycles. The third-order valence-corrected chi connectivity index (χ3v) is 4.51. The van der Waals surface area contributed by atoms with Crippen LogP contribution in [0, 0.1) is 19.7 Å². The van der Waals surface area contributed by atoms with E-state index < -0.39 is 0 Å². The van der Waals surface area contributed by atoms with Gasteiger partial charge in [0.15, 0.2) is 0 Å². The van der Waals surface area contributed by atoms with Gasteiger partial charge in [-0.2, -0.15) is 5.10 Å². The van der Waals surface area contributed by atoms with Crippen molar-refractivity contribution in [3.63, 3.8) is 0 Å². The van der Waals surface area contributed by atoms with Crippen molar-refractivity contribution in [1.29, 1.82) is 0 Å². The van der Waals surface area contributed by atoms with Crippen molar-refractivity contribution in [2.45, 2.75) is 46.8 Å². The summed E-state index contributed by atoms with van der Waals surface area (Å²) < 4.78 is 15.0. The molecular weight excluding hydrogens is 293 g/mol. The molecule has 0 aliphatic rings. The van der Waals surface area contributed by atoms with Crippen LogP contribution in [-0.2, 0) is 13.1 Å². The zero-order chi connectivity index (χ0) is 17.0. The van der Waals surface area contributed by atoms with Crippen LogP contribution in [0.1, 0.15) is 42.4 Å². The topological polar surface area (TPSA) is 41.3 Å². The van der Waals surface area contributed by atoms with E-state index in [9.17, 15) is 4.39 Å². The first-order chi connectivity index (χ1) is 11.0. The van der Waals surface area contributed by atoms with Gasteiger partial charge >= 0.3 is 0 Å². The molecule has 0 aliphatic heterocycles. The number of aliphatic hydroxyl groups is 1. The Balaban J connectivity index is 2.20. The molecule has 0 amide bonds. The first-order valence-corrected chi connectivity index (χ1v) is 8.11. The van der Waals surface area contributed by atoms with E-state index in [2.05, 4.69) is 23.8 Å². The zero-order valence-corrected chi connectivity index (χ0v) is 14.4. The molecule has 4 nitrogen and oxygen atoms in total. The van der Waals surface area contributed by atoms with Gasteiger partial charge in [-0.3, -0.25) is 9.58 Å². The highest BCUT2D eigenvalue weighted by Crippen LogP contribution is 2.24. The second kappa shape index (κ2) is 7.70. The van der Waals surface area contributed by atoms with Gasteiger partial charge in [-0.15, -0.1) is 0 Å². The van der Waals surface area contributed by atoms with Crippen LogP contribution in [0.25, 0.3) is 0 Å². The van der Waals surface area contributed by atoms with Gasteiger partial charge < -0.3 is 5.11 Å². The summed E-state index contributed by atoms with van der Waals surface area (Å²) in [6, 6.07) is 6.90. The van der Waals surface area contributed by atoms with Gasteiger partial charge in [0, 0.05) is 23.8 Å². The number of nitrogens with zero attached hydrogens (tertiary/aromatic N) is 3. The Morgan fingerprint density at radius 3 is 2.48 bits per heavy atom. The molecule has 1 aromatic carbocycles. The highest BCUT2D eigenvalue weighted by molar-refractivity contribution is 5.25. The Labute approximate surface area is 137 Å². The van der Waals surface area contributed by atoms with Gasteiger partial charge in [0.25, 0.3) is 0 Å². The number of aromatic nitrogens is 2. The summed E-state index contributed by atoms with van der Waals surface area (Å²) >= 11 is 0. The maximum absolute atomic E-state index is 13.1. The minimum absolute atomic E-state index is 0.0882. The highest BCUT2D eigenvalue weighted by Gasteiger charge is 2.19. The van der Waals surface area contributed by atoms with Gasteiger partial charge in [-0.05, 0) is 45.0 Å². The lowest BCUT2D eigenvalue weighted by Gasteiger charge is -2.28. The number of aryl methyl sites for hydroxylation is 1. The fourth-order valence-electron chi connectivity index (χ4n) is 2.95. The van der Waals surface area contributed by atoms with Gasteiger partial charge in [0.1, 0.15) is 5.82 Å². The van der Waals surface area contributed by atoms with E-state index in [0.29, 0.717) is 6.54 Å². The first kappa shape index (κ1) is 17.6. The molecule has 2 aromatic rings. The number of hydrogen-bond acceptors (Lipinski definition) is 3. The van der Waals surface area contributed by atoms with Crippen molar-refractivity contribution >= 4 is 0 Å². The molecule has 0 radical (unpaired) electrons. The van der Waals surface area contributed by atoms with Crippen molar-refractivity contribution < 1.29 is 9.50 Å². The lowest BCUT2D eigenvalue weighted by molar-refractivity contribution is 0.212. The average Bonchev–Trinajstić information content (AvgIpc) is 2.80. The normalized spacial score (nSPS) is 12.8. The smallest absolute Gasteiger partial charge is 0.123 e. The van der Waals surface area contributed by atoms with Crippen molar-refractivity contribution in [1.82, 2.24) is 14.7 Å². The number of benzene rings is 1. The van der Waals surface area contributed by atoms with E-state index in [0.717, 1.165) is 30.0 Å². The van der Waals surface area contributed by atoms with E-state index in [1.165, 1.54) is 17.7 Å². The molecule has 0 bridgehead atoms. The summed E-state index contributed by atoms with van der Waals surface area (Å²) in [5.41, 5.74) is 4.41. The molecule has 1 heterocycles. The quantitative estimate of drug-likeness (QED) is 0.852. The van der Waals surface area contributed by atoms with Crippen LogP contribution in [0.4, 0.5) is 4.39 Å². The molecule has 1 N–H and O–H groups in total. The monoisotopic (exact) mass is 319 g/mol. The van der Waals surface area contributed by atoms with Crippen molar-refractivity contribution in [3.8, 4) is 0 Å². The predicted octanol–water partition coefficient (Wildman–Crippen LogP) is 3.21. The molecule has 0 aliphatic carbocycles.